The molecule has 116 valence electrons. The van der Waals surface area contributed by atoms with Crippen LogP contribution in [0.2, 0.25) is 4.34 Å². The van der Waals surface area contributed by atoms with Gasteiger partial charge in [-0.25, -0.2) is 4.79 Å². The predicted molar refractivity (Wildman–Crippen MR) is 91.9 cm³/mol. The van der Waals surface area contributed by atoms with Crippen molar-refractivity contribution in [1.29, 1.82) is 0 Å². The van der Waals surface area contributed by atoms with E-state index < -0.39 is 5.97 Å². The number of ether oxygens (including phenoxy) is 1. The molecule has 2 aromatic rings. The van der Waals surface area contributed by atoms with E-state index in [2.05, 4.69) is 10.1 Å². The van der Waals surface area contributed by atoms with E-state index in [1.165, 1.54) is 30.2 Å². The van der Waals surface area contributed by atoms with Crippen LogP contribution in [0.1, 0.15) is 15.2 Å². The summed E-state index contributed by atoms with van der Waals surface area (Å²) in [6.07, 6.45) is 0. The maximum atomic E-state index is 11.8. The Kier molecular flexibility index (Phi) is 6.30. The summed E-state index contributed by atoms with van der Waals surface area (Å²) in [6.45, 7) is 0. The number of carbonyl (C=O) groups excluding carboxylic acids is 2. The number of thioether (sulfide) groups is 1. The van der Waals surface area contributed by atoms with Gasteiger partial charge in [0.15, 0.2) is 0 Å². The third-order valence-corrected chi connectivity index (χ3v) is 5.09. The first kappa shape index (κ1) is 16.9. The number of halogens is 1. The number of hydrogen-bond acceptors (Lipinski definition) is 5. The summed E-state index contributed by atoms with van der Waals surface area (Å²) in [5.74, 6) is 0.627. The van der Waals surface area contributed by atoms with Crippen molar-refractivity contribution in [2.45, 2.75) is 5.75 Å². The lowest BCUT2D eigenvalue weighted by Gasteiger charge is -2.05. The average Bonchev–Trinajstić information content (AvgIpc) is 2.92. The Labute approximate surface area is 141 Å². The van der Waals surface area contributed by atoms with Crippen LogP contribution in [0.3, 0.4) is 0 Å². The molecule has 4 nitrogen and oxygen atoms in total. The predicted octanol–water partition coefficient (Wildman–Crippen LogP) is 4.06. The molecule has 7 heteroatoms. The lowest BCUT2D eigenvalue weighted by Crippen LogP contribution is -2.14. The Morgan fingerprint density at radius 3 is 2.55 bits per heavy atom. The number of carbonyl (C=O) groups is 2. The zero-order valence-corrected chi connectivity index (χ0v) is 14.2. The van der Waals surface area contributed by atoms with Gasteiger partial charge in [-0.3, -0.25) is 4.79 Å². The molecule has 0 radical (unpaired) electrons. The third kappa shape index (κ3) is 5.05. The SMILES string of the molecule is COC(=O)c1ccc(NC(=O)CSCc2ccc(Cl)s2)cc1. The van der Waals surface area contributed by atoms with Crippen molar-refractivity contribution in [3.05, 3.63) is 51.2 Å². The highest BCUT2D eigenvalue weighted by Gasteiger charge is 2.07. The van der Waals surface area contributed by atoms with Crippen molar-refractivity contribution in [3.8, 4) is 0 Å². The molecule has 0 aliphatic rings. The first-order valence-electron chi connectivity index (χ1n) is 6.38. The van der Waals surface area contributed by atoms with Gasteiger partial charge in [0.05, 0.1) is 22.8 Å². The van der Waals surface area contributed by atoms with E-state index in [1.54, 1.807) is 24.3 Å². The van der Waals surface area contributed by atoms with Crippen LogP contribution in [-0.2, 0) is 15.3 Å². The second kappa shape index (κ2) is 8.22. The van der Waals surface area contributed by atoms with Crippen LogP contribution >= 0.6 is 34.7 Å². The smallest absolute Gasteiger partial charge is 0.337 e. The van der Waals surface area contributed by atoms with Gasteiger partial charge in [-0.15, -0.1) is 23.1 Å². The van der Waals surface area contributed by atoms with Gasteiger partial charge in [0, 0.05) is 16.3 Å². The zero-order valence-electron chi connectivity index (χ0n) is 11.8. The molecule has 1 amide bonds. The maximum absolute atomic E-state index is 11.8. The van der Waals surface area contributed by atoms with Crippen LogP contribution in [0, 0.1) is 0 Å². The highest BCUT2D eigenvalue weighted by atomic mass is 35.5. The summed E-state index contributed by atoms with van der Waals surface area (Å²) in [7, 11) is 1.33. The monoisotopic (exact) mass is 355 g/mol. The molecule has 1 heterocycles. The average molecular weight is 356 g/mol. The lowest BCUT2D eigenvalue weighted by atomic mass is 10.2. The summed E-state index contributed by atoms with van der Waals surface area (Å²) in [6, 6.07) is 10.4. The molecule has 0 unspecified atom stereocenters. The Bertz CT molecular complexity index is 655. The molecule has 1 aromatic heterocycles. The lowest BCUT2D eigenvalue weighted by molar-refractivity contribution is -0.113. The normalized spacial score (nSPS) is 10.3. The molecule has 0 saturated carbocycles. The molecule has 1 aromatic carbocycles. The first-order chi connectivity index (χ1) is 10.6. The summed E-state index contributed by atoms with van der Waals surface area (Å²) in [5, 5.41) is 2.78. The Hall–Kier alpha value is -1.50. The standard InChI is InChI=1S/C15H14ClNO3S2/c1-20-15(19)10-2-4-11(5-3-10)17-14(18)9-21-8-12-6-7-13(16)22-12/h2-7H,8-9H2,1H3,(H,17,18). The largest absolute Gasteiger partial charge is 0.465 e. The molecule has 2 rings (SSSR count). The molecule has 0 atom stereocenters. The highest BCUT2D eigenvalue weighted by molar-refractivity contribution is 7.99. The number of rotatable bonds is 6. The van der Waals surface area contributed by atoms with Gasteiger partial charge >= 0.3 is 5.97 Å². The van der Waals surface area contributed by atoms with Crippen molar-refractivity contribution in [3.63, 3.8) is 0 Å². The quantitative estimate of drug-likeness (QED) is 0.794. The number of nitrogens with one attached hydrogen (secondary N) is 1. The first-order valence-corrected chi connectivity index (χ1v) is 8.73. The van der Waals surface area contributed by atoms with E-state index in [-0.39, 0.29) is 5.91 Å². The number of hydrogen-bond donors (Lipinski definition) is 1. The van der Waals surface area contributed by atoms with Gasteiger partial charge in [-0.05, 0) is 36.4 Å². The number of thiophene rings is 1. The number of anilines is 1. The van der Waals surface area contributed by atoms with Gasteiger partial charge in [-0.2, -0.15) is 0 Å². The molecule has 1 N–H and O–H groups in total. The van der Waals surface area contributed by atoms with E-state index in [9.17, 15) is 9.59 Å². The van der Waals surface area contributed by atoms with Crippen molar-refractivity contribution in [2.24, 2.45) is 0 Å². The van der Waals surface area contributed by atoms with E-state index in [1.807, 2.05) is 12.1 Å². The molecule has 0 fully saturated rings. The molecule has 0 aliphatic carbocycles. The van der Waals surface area contributed by atoms with Gasteiger partial charge in [0.25, 0.3) is 0 Å². The Morgan fingerprint density at radius 1 is 1.23 bits per heavy atom. The Balaban J connectivity index is 1.78. The second-order valence-corrected chi connectivity index (χ2v) is 7.10. The highest BCUT2D eigenvalue weighted by Crippen LogP contribution is 2.25. The zero-order chi connectivity index (χ0) is 15.9. The number of amides is 1. The Morgan fingerprint density at radius 2 is 1.95 bits per heavy atom. The van der Waals surface area contributed by atoms with E-state index >= 15 is 0 Å². The fraction of sp³-hybridized carbons (Fsp3) is 0.200. The van der Waals surface area contributed by atoms with Crippen LogP contribution in [-0.4, -0.2) is 24.7 Å². The van der Waals surface area contributed by atoms with Crippen LogP contribution < -0.4 is 5.32 Å². The van der Waals surface area contributed by atoms with Crippen molar-refractivity contribution in [2.75, 3.05) is 18.2 Å². The minimum absolute atomic E-state index is 0.0847. The number of esters is 1. The van der Waals surface area contributed by atoms with Gasteiger partial charge in [-0.1, -0.05) is 11.6 Å². The minimum Gasteiger partial charge on any atom is -0.465 e. The topological polar surface area (TPSA) is 55.4 Å². The van der Waals surface area contributed by atoms with Crippen molar-refractivity contribution < 1.29 is 14.3 Å². The van der Waals surface area contributed by atoms with Crippen molar-refractivity contribution in [1.82, 2.24) is 0 Å². The van der Waals surface area contributed by atoms with Crippen LogP contribution in [0.4, 0.5) is 5.69 Å². The fourth-order valence-corrected chi connectivity index (χ4v) is 3.70. The van der Waals surface area contributed by atoms with Gasteiger partial charge in [0.2, 0.25) is 5.91 Å². The molecule has 22 heavy (non-hydrogen) atoms. The molecule has 0 saturated heterocycles. The van der Waals surface area contributed by atoms with Crippen LogP contribution in [0.5, 0.6) is 0 Å². The van der Waals surface area contributed by atoms with Crippen LogP contribution in [0.25, 0.3) is 0 Å². The van der Waals surface area contributed by atoms with Crippen LogP contribution in [0.15, 0.2) is 36.4 Å². The number of benzene rings is 1. The molecular formula is C15H14ClNO3S2. The second-order valence-electron chi connectivity index (χ2n) is 4.32. The molecule has 0 bridgehead atoms. The van der Waals surface area contributed by atoms with E-state index in [4.69, 9.17) is 11.6 Å². The third-order valence-electron chi connectivity index (χ3n) is 2.70. The fourth-order valence-electron chi connectivity index (χ4n) is 1.68. The van der Waals surface area contributed by atoms with E-state index in [0.717, 1.165) is 15.0 Å². The summed E-state index contributed by atoms with van der Waals surface area (Å²) in [4.78, 5) is 24.3. The summed E-state index contributed by atoms with van der Waals surface area (Å²) in [5.41, 5.74) is 1.10. The molecular weight excluding hydrogens is 342 g/mol. The van der Waals surface area contributed by atoms with Crippen molar-refractivity contribution >= 4 is 52.3 Å². The summed E-state index contributed by atoms with van der Waals surface area (Å²) >= 11 is 8.89. The van der Waals surface area contributed by atoms with Gasteiger partial charge in [0.1, 0.15) is 0 Å². The number of methoxy groups -OCH3 is 1. The van der Waals surface area contributed by atoms with Gasteiger partial charge < -0.3 is 10.1 Å². The summed E-state index contributed by atoms with van der Waals surface area (Å²) < 4.78 is 5.37. The van der Waals surface area contributed by atoms with E-state index in [0.29, 0.717) is 17.0 Å². The molecule has 0 aliphatic heterocycles. The molecule has 0 spiro atoms. The maximum Gasteiger partial charge on any atom is 0.337 e. The minimum atomic E-state index is -0.400.